The Hall–Kier alpha value is -3.63. The smallest absolute Gasteiger partial charge is 0.295 e. The lowest BCUT2D eigenvalue weighted by atomic mass is 10.1. The Morgan fingerprint density at radius 2 is 2.09 bits per heavy atom. The molecule has 0 radical (unpaired) electrons. The van der Waals surface area contributed by atoms with Crippen LogP contribution in [0.4, 0.5) is 5.69 Å². The van der Waals surface area contributed by atoms with Gasteiger partial charge in [-0.1, -0.05) is 24.3 Å². The fraction of sp³-hybridized carbons (Fsp3) is 0.280. The van der Waals surface area contributed by atoms with Gasteiger partial charge in [-0.2, -0.15) is 0 Å². The number of methoxy groups -OCH3 is 1. The number of nitrogens with zero attached hydrogens (tertiary/aromatic N) is 1. The highest BCUT2D eigenvalue weighted by molar-refractivity contribution is 8.08. The summed E-state index contributed by atoms with van der Waals surface area (Å²) in [4.78, 5) is 30.0. The SMILES string of the molecule is COCCN1C(=O)c2oc3cc(C4=CNCS4)ccc3c2OCC12Nc1ccccc1CNC2=O. The van der Waals surface area contributed by atoms with Gasteiger partial charge in [0.05, 0.1) is 17.9 Å². The second-order valence-corrected chi connectivity index (χ2v) is 9.55. The zero-order valence-corrected chi connectivity index (χ0v) is 19.9. The highest BCUT2D eigenvalue weighted by Gasteiger charge is 2.52. The Bertz CT molecular complexity index is 1370. The van der Waals surface area contributed by atoms with Crippen LogP contribution < -0.4 is 20.7 Å². The molecule has 3 aliphatic rings. The Kier molecular flexibility index (Phi) is 5.34. The predicted molar refractivity (Wildman–Crippen MR) is 133 cm³/mol. The number of carbonyl (C=O) groups is 2. The van der Waals surface area contributed by atoms with Gasteiger partial charge in [0.15, 0.2) is 5.75 Å². The molecule has 1 unspecified atom stereocenters. The molecule has 6 rings (SSSR count). The number of nitrogens with one attached hydrogen (secondary N) is 3. The van der Waals surface area contributed by atoms with E-state index in [4.69, 9.17) is 13.9 Å². The number of benzene rings is 2. The number of carbonyl (C=O) groups excluding carboxylic acids is 2. The number of furan rings is 1. The first-order valence-electron chi connectivity index (χ1n) is 11.3. The number of rotatable bonds is 4. The average Bonchev–Trinajstić information content (AvgIpc) is 3.49. The maximum Gasteiger partial charge on any atom is 0.295 e. The summed E-state index contributed by atoms with van der Waals surface area (Å²) in [5, 5.41) is 10.1. The molecule has 35 heavy (non-hydrogen) atoms. The zero-order chi connectivity index (χ0) is 24.0. The van der Waals surface area contributed by atoms with Crippen molar-refractivity contribution >= 4 is 45.1 Å². The summed E-state index contributed by atoms with van der Waals surface area (Å²) in [5.41, 5.74) is 1.75. The van der Waals surface area contributed by atoms with Gasteiger partial charge in [-0.25, -0.2) is 0 Å². The summed E-state index contributed by atoms with van der Waals surface area (Å²) < 4.78 is 17.6. The van der Waals surface area contributed by atoms with Crippen LogP contribution in [0.15, 0.2) is 53.1 Å². The minimum absolute atomic E-state index is 0.0726. The van der Waals surface area contributed by atoms with Crippen molar-refractivity contribution in [3.8, 4) is 5.75 Å². The van der Waals surface area contributed by atoms with Crippen LogP contribution >= 0.6 is 11.8 Å². The molecule has 1 atom stereocenters. The van der Waals surface area contributed by atoms with Gasteiger partial charge in [-0.05, 0) is 29.3 Å². The normalized spacial score (nSPS) is 21.3. The standard InChI is InChI=1S/C25H24N4O5S/c1-32-9-8-29-23(30)22-21(17-7-6-15(10-19(17)34-22)20-12-26-14-35-20)33-13-25(29)24(31)27-11-16-4-2-3-5-18(16)28-25/h2-7,10,12,26,28H,8-9,11,13-14H2,1H3,(H,27,31). The maximum atomic E-state index is 13.9. The number of anilines is 1. The number of hydrogen-bond donors (Lipinski definition) is 3. The van der Waals surface area contributed by atoms with Gasteiger partial charge in [0.1, 0.15) is 12.2 Å². The second-order valence-electron chi connectivity index (χ2n) is 8.54. The van der Waals surface area contributed by atoms with E-state index in [1.54, 1.807) is 18.9 Å². The molecule has 2 aromatic carbocycles. The molecule has 0 saturated carbocycles. The van der Waals surface area contributed by atoms with E-state index in [0.717, 1.165) is 27.6 Å². The third kappa shape index (κ3) is 3.52. The molecule has 1 aromatic heterocycles. The van der Waals surface area contributed by atoms with Gasteiger partial charge < -0.3 is 29.8 Å². The molecule has 0 bridgehead atoms. The van der Waals surface area contributed by atoms with Crippen molar-refractivity contribution in [3.63, 3.8) is 0 Å². The van der Waals surface area contributed by atoms with E-state index in [2.05, 4.69) is 16.0 Å². The minimum Gasteiger partial charge on any atom is -0.484 e. The van der Waals surface area contributed by atoms with Crippen LogP contribution in [0.2, 0.25) is 0 Å². The largest absolute Gasteiger partial charge is 0.484 e. The number of hydrogen-bond acceptors (Lipinski definition) is 8. The van der Waals surface area contributed by atoms with Gasteiger partial charge in [0, 0.05) is 37.0 Å². The second kappa shape index (κ2) is 8.54. The fourth-order valence-corrected chi connectivity index (χ4v) is 5.47. The van der Waals surface area contributed by atoms with E-state index in [-0.39, 0.29) is 31.4 Å². The molecule has 0 aliphatic carbocycles. The summed E-state index contributed by atoms with van der Waals surface area (Å²) in [6.07, 6.45) is 1.96. The van der Waals surface area contributed by atoms with Crippen molar-refractivity contribution in [2.45, 2.75) is 12.2 Å². The van der Waals surface area contributed by atoms with Gasteiger partial charge in [0.2, 0.25) is 11.4 Å². The molecule has 0 saturated heterocycles. The topological polar surface area (TPSA) is 105 Å². The average molecular weight is 493 g/mol. The highest BCUT2D eigenvalue weighted by atomic mass is 32.2. The molecule has 9 nitrogen and oxygen atoms in total. The van der Waals surface area contributed by atoms with E-state index >= 15 is 0 Å². The maximum absolute atomic E-state index is 13.9. The molecule has 0 fully saturated rings. The number of ether oxygens (including phenoxy) is 2. The number of fused-ring (bicyclic) bond motifs is 4. The lowest BCUT2D eigenvalue weighted by Gasteiger charge is -2.40. The first-order chi connectivity index (χ1) is 17.1. The molecule has 1 spiro atoms. The first-order valence-corrected chi connectivity index (χ1v) is 12.3. The molecule has 3 aromatic rings. The Morgan fingerprint density at radius 1 is 1.20 bits per heavy atom. The van der Waals surface area contributed by atoms with Crippen LogP contribution in [-0.2, 0) is 16.1 Å². The highest BCUT2D eigenvalue weighted by Crippen LogP contribution is 2.41. The van der Waals surface area contributed by atoms with Crippen LogP contribution in [0.25, 0.3) is 15.9 Å². The molecule has 2 amide bonds. The van der Waals surface area contributed by atoms with Crippen molar-refractivity contribution in [1.82, 2.24) is 15.5 Å². The van der Waals surface area contributed by atoms with Gasteiger partial charge in [-0.15, -0.1) is 11.8 Å². The predicted octanol–water partition coefficient (Wildman–Crippen LogP) is 2.94. The molecule has 180 valence electrons. The zero-order valence-electron chi connectivity index (χ0n) is 19.1. The Labute approximate surface area is 205 Å². The van der Waals surface area contributed by atoms with Crippen LogP contribution in [0.3, 0.4) is 0 Å². The molecular formula is C25H24N4O5S. The van der Waals surface area contributed by atoms with Crippen molar-refractivity contribution < 1.29 is 23.5 Å². The summed E-state index contributed by atoms with van der Waals surface area (Å²) in [5.74, 6) is 0.439. The summed E-state index contributed by atoms with van der Waals surface area (Å²) in [7, 11) is 1.56. The van der Waals surface area contributed by atoms with Crippen molar-refractivity contribution in [2.24, 2.45) is 0 Å². The van der Waals surface area contributed by atoms with Gasteiger partial charge in [0.25, 0.3) is 11.8 Å². The quantitative estimate of drug-likeness (QED) is 0.511. The van der Waals surface area contributed by atoms with Crippen LogP contribution in [0.1, 0.15) is 21.7 Å². The van der Waals surface area contributed by atoms with Crippen LogP contribution in [0.5, 0.6) is 5.75 Å². The van der Waals surface area contributed by atoms with Crippen LogP contribution in [0, 0.1) is 0 Å². The molecule has 10 heteroatoms. The van der Waals surface area contributed by atoms with Gasteiger partial charge >= 0.3 is 0 Å². The van der Waals surface area contributed by atoms with E-state index in [1.165, 1.54) is 4.90 Å². The van der Waals surface area contributed by atoms with Crippen molar-refractivity contribution in [1.29, 1.82) is 0 Å². The van der Waals surface area contributed by atoms with Crippen LogP contribution in [-0.4, -0.2) is 55.1 Å². The number of para-hydroxylation sites is 1. The first kappa shape index (κ1) is 21.9. The van der Waals surface area contributed by atoms with E-state index in [1.807, 2.05) is 48.7 Å². The molecule has 4 heterocycles. The lowest BCUT2D eigenvalue weighted by molar-refractivity contribution is -0.132. The van der Waals surface area contributed by atoms with E-state index in [0.29, 0.717) is 23.3 Å². The van der Waals surface area contributed by atoms with E-state index in [9.17, 15) is 9.59 Å². The summed E-state index contributed by atoms with van der Waals surface area (Å²) in [6.45, 7) is 0.644. The van der Waals surface area contributed by atoms with E-state index < -0.39 is 11.6 Å². The number of amides is 2. The lowest BCUT2D eigenvalue weighted by Crippen LogP contribution is -2.67. The van der Waals surface area contributed by atoms with Gasteiger partial charge in [-0.3, -0.25) is 14.5 Å². The Balaban J connectivity index is 1.45. The third-order valence-corrected chi connectivity index (χ3v) is 7.47. The minimum atomic E-state index is -1.48. The van der Waals surface area contributed by atoms with Crippen molar-refractivity contribution in [3.05, 3.63) is 65.6 Å². The molecule has 3 N–H and O–H groups in total. The number of thioether (sulfide) groups is 1. The fourth-order valence-electron chi connectivity index (χ4n) is 4.69. The Morgan fingerprint density at radius 3 is 2.91 bits per heavy atom. The molecule has 3 aliphatic heterocycles. The van der Waals surface area contributed by atoms with Crippen molar-refractivity contribution in [2.75, 3.05) is 38.1 Å². The monoisotopic (exact) mass is 492 g/mol. The third-order valence-electron chi connectivity index (χ3n) is 6.49. The summed E-state index contributed by atoms with van der Waals surface area (Å²) in [6, 6.07) is 13.4. The summed E-state index contributed by atoms with van der Waals surface area (Å²) >= 11 is 1.70. The molecular weight excluding hydrogens is 468 g/mol.